The number of amides is 1. The molecule has 0 N–H and O–H groups in total. The Balaban J connectivity index is 1.42. The molecule has 0 unspecified atom stereocenters. The summed E-state index contributed by atoms with van der Waals surface area (Å²) in [6.45, 7) is 6.82. The summed E-state index contributed by atoms with van der Waals surface area (Å²) in [6.07, 6.45) is 4.66. The number of carbonyl (C=O) groups is 1. The highest BCUT2D eigenvalue weighted by atomic mass is 16.6. The molecule has 1 amide bonds. The summed E-state index contributed by atoms with van der Waals surface area (Å²) >= 11 is 0. The van der Waals surface area contributed by atoms with Crippen LogP contribution in [0.3, 0.4) is 0 Å². The second-order valence-corrected chi connectivity index (χ2v) is 7.72. The van der Waals surface area contributed by atoms with E-state index in [0.717, 1.165) is 23.8 Å². The maximum absolute atomic E-state index is 12.2. The van der Waals surface area contributed by atoms with E-state index in [1.165, 1.54) is 0 Å². The Morgan fingerprint density at radius 3 is 2.78 bits per heavy atom. The number of ether oxygens (including phenoxy) is 1. The maximum Gasteiger partial charge on any atom is 0.410 e. The molecule has 8 nitrogen and oxygen atoms in total. The van der Waals surface area contributed by atoms with Crippen molar-refractivity contribution in [2.75, 3.05) is 13.1 Å². The molecule has 1 fully saturated rings. The van der Waals surface area contributed by atoms with Crippen LogP contribution in [0.15, 0.2) is 33.5 Å². The molecule has 3 aromatic rings. The number of furan rings is 1. The lowest BCUT2D eigenvalue weighted by Gasteiger charge is -2.32. The van der Waals surface area contributed by atoms with Crippen LogP contribution in [0, 0.1) is 0 Å². The number of likely N-dealkylation sites (tertiary alicyclic amines) is 1. The molecule has 0 bridgehead atoms. The van der Waals surface area contributed by atoms with E-state index in [9.17, 15) is 4.79 Å². The van der Waals surface area contributed by atoms with Gasteiger partial charge in [-0.1, -0.05) is 5.16 Å². The van der Waals surface area contributed by atoms with Crippen LogP contribution in [0.4, 0.5) is 4.79 Å². The summed E-state index contributed by atoms with van der Waals surface area (Å²) in [5.41, 5.74) is 0.240. The molecule has 27 heavy (non-hydrogen) atoms. The Morgan fingerprint density at radius 2 is 2.07 bits per heavy atom. The number of hydrogen-bond donors (Lipinski definition) is 0. The van der Waals surface area contributed by atoms with Gasteiger partial charge in [-0.15, -0.1) is 0 Å². The average molecular weight is 370 g/mol. The second kappa shape index (κ2) is 6.68. The van der Waals surface area contributed by atoms with Gasteiger partial charge < -0.3 is 18.6 Å². The fourth-order valence-corrected chi connectivity index (χ4v) is 3.14. The van der Waals surface area contributed by atoms with Gasteiger partial charge in [-0.25, -0.2) is 4.79 Å². The summed E-state index contributed by atoms with van der Waals surface area (Å²) in [5.74, 6) is 1.68. The molecule has 0 aliphatic carbocycles. The number of hydrogen-bond acceptors (Lipinski definition) is 7. The Morgan fingerprint density at radius 1 is 1.30 bits per heavy atom. The predicted molar refractivity (Wildman–Crippen MR) is 97.1 cm³/mol. The van der Waals surface area contributed by atoms with Crippen molar-refractivity contribution >= 4 is 17.1 Å². The summed E-state index contributed by atoms with van der Waals surface area (Å²) in [7, 11) is 0. The van der Waals surface area contributed by atoms with Crippen molar-refractivity contribution in [1.29, 1.82) is 0 Å². The molecule has 3 aromatic heterocycles. The fourth-order valence-electron chi connectivity index (χ4n) is 3.14. The third-order valence-electron chi connectivity index (χ3n) is 4.48. The van der Waals surface area contributed by atoms with Crippen molar-refractivity contribution in [3.63, 3.8) is 0 Å². The van der Waals surface area contributed by atoms with E-state index in [0.29, 0.717) is 30.6 Å². The van der Waals surface area contributed by atoms with Gasteiger partial charge in [-0.2, -0.15) is 4.98 Å². The highest BCUT2D eigenvalue weighted by molar-refractivity contribution is 5.80. The summed E-state index contributed by atoms with van der Waals surface area (Å²) in [6, 6.07) is 3.63. The summed E-state index contributed by atoms with van der Waals surface area (Å²) in [4.78, 5) is 22.5. The average Bonchev–Trinajstić information content (AvgIpc) is 3.27. The Bertz CT molecular complexity index is 915. The van der Waals surface area contributed by atoms with Gasteiger partial charge in [0.25, 0.3) is 5.89 Å². The van der Waals surface area contributed by atoms with Crippen LogP contribution in [0.25, 0.3) is 22.6 Å². The SMILES string of the molecule is CC(C)(C)OC(=O)N1CCC(c2noc(-c3cc4cnccc4o3)n2)CC1. The van der Waals surface area contributed by atoms with Crippen LogP contribution < -0.4 is 0 Å². The lowest BCUT2D eigenvalue weighted by atomic mass is 9.96. The molecule has 0 spiro atoms. The summed E-state index contributed by atoms with van der Waals surface area (Å²) < 4.78 is 16.6. The minimum atomic E-state index is -0.487. The van der Waals surface area contributed by atoms with E-state index in [4.69, 9.17) is 13.7 Å². The van der Waals surface area contributed by atoms with E-state index >= 15 is 0 Å². The van der Waals surface area contributed by atoms with Crippen molar-refractivity contribution < 1.29 is 18.5 Å². The number of carbonyl (C=O) groups excluding carboxylic acids is 1. The van der Waals surface area contributed by atoms with Gasteiger partial charge >= 0.3 is 6.09 Å². The molecule has 1 aliphatic heterocycles. The topological polar surface area (TPSA) is 94.5 Å². The predicted octanol–water partition coefficient (Wildman–Crippen LogP) is 3.99. The monoisotopic (exact) mass is 370 g/mol. The second-order valence-electron chi connectivity index (χ2n) is 7.72. The fraction of sp³-hybridized carbons (Fsp3) is 0.474. The minimum Gasteiger partial charge on any atom is -0.451 e. The number of piperidine rings is 1. The van der Waals surface area contributed by atoms with Crippen LogP contribution in [0.1, 0.15) is 45.4 Å². The third kappa shape index (κ3) is 3.79. The van der Waals surface area contributed by atoms with Gasteiger partial charge in [0.05, 0.1) is 0 Å². The Kier molecular flexibility index (Phi) is 4.33. The van der Waals surface area contributed by atoms with E-state index in [-0.39, 0.29) is 12.0 Å². The Labute approximate surface area is 156 Å². The third-order valence-corrected chi connectivity index (χ3v) is 4.48. The lowest BCUT2D eigenvalue weighted by Crippen LogP contribution is -2.41. The number of rotatable bonds is 2. The molecule has 0 aromatic carbocycles. The van der Waals surface area contributed by atoms with Gasteiger partial charge in [-0.3, -0.25) is 4.98 Å². The maximum atomic E-state index is 12.2. The molecule has 0 radical (unpaired) electrons. The lowest BCUT2D eigenvalue weighted by molar-refractivity contribution is 0.0203. The highest BCUT2D eigenvalue weighted by Gasteiger charge is 2.30. The van der Waals surface area contributed by atoms with E-state index < -0.39 is 5.60 Å². The molecule has 1 saturated heterocycles. The van der Waals surface area contributed by atoms with E-state index in [1.807, 2.05) is 26.8 Å². The zero-order chi connectivity index (χ0) is 19.0. The molecule has 8 heteroatoms. The van der Waals surface area contributed by atoms with Crippen molar-refractivity contribution in [2.24, 2.45) is 0 Å². The van der Waals surface area contributed by atoms with Crippen molar-refractivity contribution in [2.45, 2.75) is 45.1 Å². The largest absolute Gasteiger partial charge is 0.451 e. The van der Waals surface area contributed by atoms with Crippen LogP contribution in [0.2, 0.25) is 0 Å². The first-order valence-corrected chi connectivity index (χ1v) is 9.04. The molecule has 4 rings (SSSR count). The number of aromatic nitrogens is 3. The van der Waals surface area contributed by atoms with E-state index in [1.54, 1.807) is 23.4 Å². The van der Waals surface area contributed by atoms with Crippen LogP contribution >= 0.6 is 0 Å². The first-order valence-electron chi connectivity index (χ1n) is 9.04. The number of pyridine rings is 1. The zero-order valence-corrected chi connectivity index (χ0v) is 15.6. The van der Waals surface area contributed by atoms with Gasteiger partial charge in [-0.05, 0) is 45.7 Å². The number of fused-ring (bicyclic) bond motifs is 1. The zero-order valence-electron chi connectivity index (χ0n) is 15.6. The Hall–Kier alpha value is -2.90. The molecule has 142 valence electrons. The number of nitrogens with zero attached hydrogens (tertiary/aromatic N) is 4. The minimum absolute atomic E-state index is 0.146. The highest BCUT2D eigenvalue weighted by Crippen LogP contribution is 2.30. The molecule has 1 aliphatic rings. The molecular formula is C19H22N4O4. The first-order chi connectivity index (χ1) is 12.9. The van der Waals surface area contributed by atoms with E-state index in [2.05, 4.69) is 15.1 Å². The van der Waals surface area contributed by atoms with Gasteiger partial charge in [0, 0.05) is 36.8 Å². The molecule has 4 heterocycles. The first kappa shape index (κ1) is 17.5. The van der Waals surface area contributed by atoms with Crippen molar-refractivity contribution in [3.05, 3.63) is 30.4 Å². The molecule has 0 saturated carbocycles. The van der Waals surface area contributed by atoms with Crippen molar-refractivity contribution in [3.8, 4) is 11.7 Å². The van der Waals surface area contributed by atoms with Gasteiger partial charge in [0.2, 0.25) is 0 Å². The smallest absolute Gasteiger partial charge is 0.410 e. The van der Waals surface area contributed by atoms with Crippen LogP contribution in [0.5, 0.6) is 0 Å². The van der Waals surface area contributed by atoms with Gasteiger partial charge in [0.1, 0.15) is 11.2 Å². The van der Waals surface area contributed by atoms with Crippen LogP contribution in [-0.4, -0.2) is 44.8 Å². The van der Waals surface area contributed by atoms with Crippen LogP contribution in [-0.2, 0) is 4.74 Å². The van der Waals surface area contributed by atoms with Crippen molar-refractivity contribution in [1.82, 2.24) is 20.0 Å². The summed E-state index contributed by atoms with van der Waals surface area (Å²) in [5, 5.41) is 5.01. The normalized spacial score (nSPS) is 16.0. The van der Waals surface area contributed by atoms with Gasteiger partial charge in [0.15, 0.2) is 11.6 Å². The quantitative estimate of drug-likeness (QED) is 0.673. The standard InChI is InChI=1S/C19H22N4O4/c1-19(2,3)26-18(24)23-8-5-12(6-9-23)16-21-17(27-22-16)15-10-13-11-20-7-4-14(13)25-15/h4,7,10-12H,5-6,8-9H2,1-3H3. The molecule has 0 atom stereocenters. The molecular weight excluding hydrogens is 348 g/mol.